The van der Waals surface area contributed by atoms with Gasteiger partial charge in [-0.15, -0.1) is 0 Å². The van der Waals surface area contributed by atoms with E-state index in [1.54, 1.807) is 36.5 Å². The van der Waals surface area contributed by atoms with Crippen LogP contribution in [-0.2, 0) is 6.42 Å². The van der Waals surface area contributed by atoms with Crippen molar-refractivity contribution in [1.82, 2.24) is 9.97 Å². The summed E-state index contributed by atoms with van der Waals surface area (Å²) in [6, 6.07) is 10.7. The van der Waals surface area contributed by atoms with Crippen LogP contribution in [0.15, 0.2) is 64.9 Å². The molecule has 0 aliphatic carbocycles. The fourth-order valence-electron chi connectivity index (χ4n) is 4.46. The summed E-state index contributed by atoms with van der Waals surface area (Å²) in [7, 11) is 1.51. The molecule has 0 atom stereocenters. The number of carboxylic acids is 1. The summed E-state index contributed by atoms with van der Waals surface area (Å²) in [5, 5.41) is 31.4. The standard InChI is InChI=1S/C28H24N2O7/c1-14(13-31)6-7-15-4-3-5-17-20(12-30-23(15)17)24(32)27-25(33)22(26(37-27)28(34)35)19-11-29-21-9-8-16(36-2)10-18(19)21/h3-6,8-12,29-31,33H,7,13H2,1-2H3,(H,34,35). The molecule has 0 saturated heterocycles. The SMILES string of the molecule is COc1ccc2[nH]cc(-c3c(C(=O)O)oc(C(=O)c4c[nH]c5c(CC=C(C)CO)cccc45)c3O)c2c1. The first-order valence-corrected chi connectivity index (χ1v) is 11.5. The van der Waals surface area contributed by atoms with Crippen LogP contribution in [0.5, 0.6) is 11.5 Å². The number of hydrogen-bond acceptors (Lipinski definition) is 6. The zero-order chi connectivity index (χ0) is 26.3. The minimum atomic E-state index is -1.42. The number of para-hydroxylation sites is 1. The van der Waals surface area contributed by atoms with Crippen LogP contribution in [0, 0.1) is 0 Å². The van der Waals surface area contributed by atoms with Crippen molar-refractivity contribution < 1.29 is 34.1 Å². The second-order valence-electron chi connectivity index (χ2n) is 8.69. The molecule has 0 fully saturated rings. The van der Waals surface area contributed by atoms with Gasteiger partial charge < -0.3 is 34.4 Å². The summed E-state index contributed by atoms with van der Waals surface area (Å²) < 4.78 is 10.8. The molecule has 0 saturated carbocycles. The molecule has 37 heavy (non-hydrogen) atoms. The third-order valence-corrected chi connectivity index (χ3v) is 6.41. The zero-order valence-corrected chi connectivity index (χ0v) is 20.1. The molecule has 0 amide bonds. The molecule has 9 heteroatoms. The van der Waals surface area contributed by atoms with Gasteiger partial charge in [0.2, 0.25) is 17.3 Å². The number of carboxylic acid groups (broad SMARTS) is 1. The molecule has 0 unspecified atom stereocenters. The second kappa shape index (κ2) is 9.36. The van der Waals surface area contributed by atoms with E-state index in [1.165, 1.54) is 13.3 Å². The maximum Gasteiger partial charge on any atom is 0.372 e. The van der Waals surface area contributed by atoms with E-state index in [1.807, 2.05) is 19.1 Å². The Morgan fingerprint density at radius 2 is 1.89 bits per heavy atom. The number of hydrogen-bond donors (Lipinski definition) is 5. The van der Waals surface area contributed by atoms with E-state index in [2.05, 4.69) is 9.97 Å². The van der Waals surface area contributed by atoms with Gasteiger partial charge in [-0.25, -0.2) is 4.79 Å². The van der Waals surface area contributed by atoms with E-state index in [0.29, 0.717) is 34.0 Å². The molecule has 188 valence electrons. The number of carbonyl (C=O) groups excluding carboxylic acids is 1. The topological polar surface area (TPSA) is 149 Å². The van der Waals surface area contributed by atoms with Crippen molar-refractivity contribution in [2.45, 2.75) is 13.3 Å². The normalized spacial score (nSPS) is 11.9. The van der Waals surface area contributed by atoms with Crippen molar-refractivity contribution in [2.24, 2.45) is 0 Å². The number of carbonyl (C=O) groups is 2. The largest absolute Gasteiger partial charge is 0.504 e. The lowest BCUT2D eigenvalue weighted by Gasteiger charge is -2.03. The Hall–Kier alpha value is -4.76. The number of furan rings is 1. The molecule has 5 rings (SSSR count). The number of nitrogens with one attached hydrogen (secondary N) is 2. The fraction of sp³-hybridized carbons (Fsp3) is 0.143. The number of aromatic amines is 2. The van der Waals surface area contributed by atoms with Crippen molar-refractivity contribution >= 4 is 33.6 Å². The minimum Gasteiger partial charge on any atom is -0.504 e. The molecule has 9 nitrogen and oxygen atoms in total. The van der Waals surface area contributed by atoms with E-state index < -0.39 is 29.0 Å². The lowest BCUT2D eigenvalue weighted by atomic mass is 10.0. The third-order valence-electron chi connectivity index (χ3n) is 6.41. The van der Waals surface area contributed by atoms with Crippen LogP contribution >= 0.6 is 0 Å². The zero-order valence-electron chi connectivity index (χ0n) is 20.1. The Kier molecular flexibility index (Phi) is 6.06. The molecule has 2 aromatic carbocycles. The van der Waals surface area contributed by atoms with Crippen LogP contribution in [0.25, 0.3) is 32.9 Å². The van der Waals surface area contributed by atoms with Gasteiger partial charge >= 0.3 is 5.97 Å². The van der Waals surface area contributed by atoms with Gasteiger partial charge in [0, 0.05) is 39.8 Å². The predicted octanol–water partition coefficient (Wildman–Crippen LogP) is 5.03. The number of aliphatic hydroxyl groups is 1. The summed E-state index contributed by atoms with van der Waals surface area (Å²) >= 11 is 0. The van der Waals surface area contributed by atoms with Gasteiger partial charge in [0.15, 0.2) is 5.75 Å². The molecule has 0 radical (unpaired) electrons. The molecule has 0 aliphatic rings. The summed E-state index contributed by atoms with van der Waals surface area (Å²) in [4.78, 5) is 31.8. The Morgan fingerprint density at radius 1 is 1.08 bits per heavy atom. The number of H-pyrrole nitrogens is 2. The van der Waals surface area contributed by atoms with Crippen molar-refractivity contribution in [2.75, 3.05) is 13.7 Å². The highest BCUT2D eigenvalue weighted by Gasteiger charge is 2.32. The second-order valence-corrected chi connectivity index (χ2v) is 8.69. The Morgan fingerprint density at radius 3 is 2.62 bits per heavy atom. The maximum absolute atomic E-state index is 13.5. The highest BCUT2D eigenvalue weighted by atomic mass is 16.5. The Balaban J connectivity index is 1.62. The Bertz CT molecular complexity index is 1700. The number of aromatic carboxylic acids is 1. The molecule has 3 heterocycles. The molecule has 0 spiro atoms. The molecular weight excluding hydrogens is 476 g/mol. The van der Waals surface area contributed by atoms with E-state index in [4.69, 9.17) is 9.15 Å². The smallest absolute Gasteiger partial charge is 0.372 e. The van der Waals surface area contributed by atoms with Gasteiger partial charge in [0.05, 0.1) is 24.8 Å². The van der Waals surface area contributed by atoms with Gasteiger partial charge in [-0.1, -0.05) is 29.8 Å². The maximum atomic E-state index is 13.5. The number of ketones is 1. The monoisotopic (exact) mass is 500 g/mol. The number of rotatable bonds is 8. The number of aliphatic hydroxyl groups excluding tert-OH is 1. The van der Waals surface area contributed by atoms with Crippen LogP contribution in [0.2, 0.25) is 0 Å². The molecule has 0 bridgehead atoms. The van der Waals surface area contributed by atoms with Gasteiger partial charge in [-0.2, -0.15) is 0 Å². The minimum absolute atomic E-state index is 0.0420. The van der Waals surface area contributed by atoms with E-state index in [9.17, 15) is 24.9 Å². The number of ether oxygens (including phenoxy) is 1. The first kappa shape index (κ1) is 24.0. The highest BCUT2D eigenvalue weighted by Crippen LogP contribution is 2.43. The fourth-order valence-corrected chi connectivity index (χ4v) is 4.46. The molecule has 5 aromatic rings. The quantitative estimate of drug-likeness (QED) is 0.148. The first-order valence-electron chi connectivity index (χ1n) is 11.5. The van der Waals surface area contributed by atoms with E-state index in [-0.39, 0.29) is 17.7 Å². The number of aromatic hydroxyl groups is 1. The van der Waals surface area contributed by atoms with E-state index >= 15 is 0 Å². The van der Waals surface area contributed by atoms with Gasteiger partial charge in [-0.3, -0.25) is 4.79 Å². The third kappa shape index (κ3) is 4.05. The van der Waals surface area contributed by atoms with Crippen LogP contribution in [0.1, 0.15) is 39.2 Å². The number of methoxy groups -OCH3 is 1. The van der Waals surface area contributed by atoms with Crippen molar-refractivity contribution in [3.05, 3.63) is 83.1 Å². The van der Waals surface area contributed by atoms with Crippen molar-refractivity contribution in [1.29, 1.82) is 0 Å². The summed E-state index contributed by atoms with van der Waals surface area (Å²) in [6.45, 7) is 1.78. The predicted molar refractivity (Wildman–Crippen MR) is 137 cm³/mol. The molecule has 3 aromatic heterocycles. The van der Waals surface area contributed by atoms with Gasteiger partial charge in [0.1, 0.15) is 5.75 Å². The summed E-state index contributed by atoms with van der Waals surface area (Å²) in [6.07, 6.45) is 5.51. The number of benzene rings is 2. The van der Waals surface area contributed by atoms with E-state index in [0.717, 1.165) is 16.7 Å². The number of allylic oxidation sites excluding steroid dienone is 1. The number of fused-ring (bicyclic) bond motifs is 2. The van der Waals surface area contributed by atoms with Crippen molar-refractivity contribution in [3.63, 3.8) is 0 Å². The van der Waals surface area contributed by atoms with Crippen LogP contribution in [0.4, 0.5) is 0 Å². The average Bonchev–Trinajstić information content (AvgIpc) is 3.61. The lowest BCUT2D eigenvalue weighted by molar-refractivity contribution is 0.0661. The molecule has 5 N–H and O–H groups in total. The molecular formula is C28H24N2O7. The molecule has 0 aliphatic heterocycles. The summed E-state index contributed by atoms with van der Waals surface area (Å²) in [5.41, 5.74) is 3.64. The van der Waals surface area contributed by atoms with Crippen LogP contribution in [-0.4, -0.2) is 50.8 Å². The number of aromatic nitrogens is 2. The van der Waals surface area contributed by atoms with Crippen molar-refractivity contribution in [3.8, 4) is 22.6 Å². The summed E-state index contributed by atoms with van der Waals surface area (Å²) in [5.74, 6) is -3.11. The lowest BCUT2D eigenvalue weighted by Crippen LogP contribution is -1.99. The Labute approximate surface area is 210 Å². The van der Waals surface area contributed by atoms with Gasteiger partial charge in [0.25, 0.3) is 0 Å². The van der Waals surface area contributed by atoms with Gasteiger partial charge in [-0.05, 0) is 37.1 Å². The average molecular weight is 501 g/mol. The first-order chi connectivity index (χ1) is 17.8. The van der Waals surface area contributed by atoms with Crippen LogP contribution in [0.3, 0.4) is 0 Å². The van der Waals surface area contributed by atoms with Crippen LogP contribution < -0.4 is 4.74 Å². The highest BCUT2D eigenvalue weighted by molar-refractivity contribution is 6.18.